The van der Waals surface area contributed by atoms with Crippen LogP contribution in [0, 0.1) is 0 Å². The third-order valence-corrected chi connectivity index (χ3v) is 3.04. The molecule has 1 amide bonds. The molecule has 0 bridgehead atoms. The minimum absolute atomic E-state index is 0.0986. The predicted molar refractivity (Wildman–Crippen MR) is 70.8 cm³/mol. The van der Waals surface area contributed by atoms with E-state index < -0.39 is 5.97 Å². The first-order valence-corrected chi connectivity index (χ1v) is 6.45. The van der Waals surface area contributed by atoms with E-state index >= 15 is 0 Å². The number of hydrogen-bond acceptors (Lipinski definition) is 3. The van der Waals surface area contributed by atoms with Crippen LogP contribution in [0.1, 0.15) is 23.7 Å². The molecule has 0 atom stereocenters. The first kappa shape index (κ1) is 14.9. The minimum atomic E-state index is -0.945. The van der Waals surface area contributed by atoms with Gasteiger partial charge in [-0.2, -0.15) is 0 Å². The van der Waals surface area contributed by atoms with Gasteiger partial charge in [-0.15, -0.1) is 0 Å². The summed E-state index contributed by atoms with van der Waals surface area (Å²) in [6, 6.07) is 1.57. The lowest BCUT2D eigenvalue weighted by Gasteiger charge is -2.20. The zero-order valence-electron chi connectivity index (χ0n) is 9.69. The molecule has 0 spiro atoms. The molecule has 0 radical (unpaired) electrons. The van der Waals surface area contributed by atoms with Gasteiger partial charge in [0, 0.05) is 23.8 Å². The summed E-state index contributed by atoms with van der Waals surface area (Å²) in [7, 11) is 0. The molecular formula is C11H12BrClN2O3. The molecule has 18 heavy (non-hydrogen) atoms. The molecule has 7 heteroatoms. The van der Waals surface area contributed by atoms with Gasteiger partial charge in [-0.1, -0.05) is 11.6 Å². The second-order valence-corrected chi connectivity index (χ2v) is 4.79. The van der Waals surface area contributed by atoms with E-state index in [0.717, 1.165) is 0 Å². The second kappa shape index (κ2) is 6.70. The average molecular weight is 336 g/mol. The number of carbonyl (C=O) groups excluding carboxylic acids is 1. The Kier molecular flexibility index (Phi) is 5.55. The van der Waals surface area contributed by atoms with E-state index in [-0.39, 0.29) is 29.6 Å². The van der Waals surface area contributed by atoms with Gasteiger partial charge in [0.1, 0.15) is 5.15 Å². The summed E-state index contributed by atoms with van der Waals surface area (Å²) in [6.07, 6.45) is 1.39. The van der Waals surface area contributed by atoms with Crippen molar-refractivity contribution in [1.82, 2.24) is 9.88 Å². The summed E-state index contributed by atoms with van der Waals surface area (Å²) in [6.45, 7) is 2.33. The number of nitrogens with zero attached hydrogens (tertiary/aromatic N) is 2. The van der Waals surface area contributed by atoms with Gasteiger partial charge < -0.3 is 10.0 Å². The number of aliphatic carboxylic acids is 1. The maximum atomic E-state index is 12.1. The normalized spacial score (nSPS) is 10.2. The molecule has 1 N–H and O–H groups in total. The zero-order chi connectivity index (χ0) is 13.7. The van der Waals surface area contributed by atoms with Crippen molar-refractivity contribution in [1.29, 1.82) is 0 Å². The Labute approximate surface area is 118 Å². The quantitative estimate of drug-likeness (QED) is 0.839. The Balaban J connectivity index is 2.89. The topological polar surface area (TPSA) is 70.5 Å². The molecule has 0 aliphatic carbocycles. The van der Waals surface area contributed by atoms with E-state index in [4.69, 9.17) is 16.7 Å². The number of carboxylic acids is 1. The van der Waals surface area contributed by atoms with E-state index in [9.17, 15) is 9.59 Å². The Morgan fingerprint density at radius 1 is 1.56 bits per heavy atom. The average Bonchev–Trinajstić information content (AvgIpc) is 2.32. The first-order chi connectivity index (χ1) is 8.45. The van der Waals surface area contributed by atoms with Crippen molar-refractivity contribution >= 4 is 39.4 Å². The van der Waals surface area contributed by atoms with Gasteiger partial charge in [-0.25, -0.2) is 4.98 Å². The molecular weight excluding hydrogens is 323 g/mol. The number of carboxylic acid groups (broad SMARTS) is 1. The molecule has 1 heterocycles. The standard InChI is InChI=1S/C11H12BrClN2O3/c1-2-15(4-3-9(16)17)11(18)8-5-7(12)6-14-10(8)13/h5-6H,2-4H2,1H3,(H,16,17). The highest BCUT2D eigenvalue weighted by Gasteiger charge is 2.18. The minimum Gasteiger partial charge on any atom is -0.481 e. The van der Waals surface area contributed by atoms with Crippen LogP contribution in [-0.4, -0.2) is 40.0 Å². The monoisotopic (exact) mass is 334 g/mol. The summed E-state index contributed by atoms with van der Waals surface area (Å²) in [4.78, 5) is 28.0. The number of halogens is 2. The molecule has 1 rings (SSSR count). The van der Waals surface area contributed by atoms with Crippen molar-refractivity contribution in [2.75, 3.05) is 13.1 Å². The van der Waals surface area contributed by atoms with Crippen molar-refractivity contribution in [3.63, 3.8) is 0 Å². The lowest BCUT2D eigenvalue weighted by Crippen LogP contribution is -2.33. The van der Waals surface area contributed by atoms with Crippen molar-refractivity contribution < 1.29 is 14.7 Å². The molecule has 0 unspecified atom stereocenters. The molecule has 98 valence electrons. The first-order valence-electron chi connectivity index (χ1n) is 5.27. The third kappa shape index (κ3) is 3.96. The Morgan fingerprint density at radius 2 is 2.22 bits per heavy atom. The molecule has 5 nitrogen and oxygen atoms in total. The van der Waals surface area contributed by atoms with Crippen LogP contribution in [-0.2, 0) is 4.79 Å². The zero-order valence-corrected chi connectivity index (χ0v) is 12.0. The lowest BCUT2D eigenvalue weighted by atomic mass is 10.2. The molecule has 0 aromatic carbocycles. The predicted octanol–water partition coefficient (Wildman–Crippen LogP) is 2.43. The number of rotatable bonds is 5. The fourth-order valence-corrected chi connectivity index (χ4v) is 1.89. The summed E-state index contributed by atoms with van der Waals surface area (Å²) in [5.74, 6) is -1.27. The largest absolute Gasteiger partial charge is 0.481 e. The van der Waals surface area contributed by atoms with Gasteiger partial charge in [-0.05, 0) is 28.9 Å². The summed E-state index contributed by atoms with van der Waals surface area (Å²) >= 11 is 9.07. The molecule has 0 aliphatic rings. The van der Waals surface area contributed by atoms with E-state index in [2.05, 4.69) is 20.9 Å². The third-order valence-electron chi connectivity index (χ3n) is 2.30. The maximum absolute atomic E-state index is 12.1. The van der Waals surface area contributed by atoms with Gasteiger partial charge in [0.25, 0.3) is 5.91 Å². The van der Waals surface area contributed by atoms with E-state index in [1.807, 2.05) is 0 Å². The van der Waals surface area contributed by atoms with Crippen LogP contribution in [0.2, 0.25) is 5.15 Å². The van der Waals surface area contributed by atoms with Crippen molar-refractivity contribution in [2.24, 2.45) is 0 Å². The van der Waals surface area contributed by atoms with Gasteiger partial charge >= 0.3 is 5.97 Å². The van der Waals surface area contributed by atoms with Crippen LogP contribution in [0.4, 0.5) is 0 Å². The van der Waals surface area contributed by atoms with Gasteiger partial charge in [0.05, 0.1) is 12.0 Å². The Bertz CT molecular complexity index is 468. The highest BCUT2D eigenvalue weighted by molar-refractivity contribution is 9.10. The summed E-state index contributed by atoms with van der Waals surface area (Å²) < 4.78 is 0.643. The number of aromatic nitrogens is 1. The Hall–Kier alpha value is -1.14. The fourth-order valence-electron chi connectivity index (χ4n) is 1.38. The van der Waals surface area contributed by atoms with Crippen molar-refractivity contribution in [3.8, 4) is 0 Å². The fraction of sp³-hybridized carbons (Fsp3) is 0.364. The van der Waals surface area contributed by atoms with Crippen LogP contribution in [0.3, 0.4) is 0 Å². The second-order valence-electron chi connectivity index (χ2n) is 3.52. The van der Waals surface area contributed by atoms with Crippen molar-refractivity contribution in [3.05, 3.63) is 27.5 Å². The van der Waals surface area contributed by atoms with E-state index in [1.54, 1.807) is 13.0 Å². The van der Waals surface area contributed by atoms with Crippen LogP contribution in [0.15, 0.2) is 16.7 Å². The Morgan fingerprint density at radius 3 is 2.78 bits per heavy atom. The van der Waals surface area contributed by atoms with Crippen LogP contribution in [0.25, 0.3) is 0 Å². The number of amides is 1. The van der Waals surface area contributed by atoms with Crippen molar-refractivity contribution in [2.45, 2.75) is 13.3 Å². The van der Waals surface area contributed by atoms with Crippen LogP contribution >= 0.6 is 27.5 Å². The van der Waals surface area contributed by atoms with Gasteiger partial charge in [0.15, 0.2) is 0 Å². The summed E-state index contributed by atoms with van der Waals surface area (Å²) in [5, 5.41) is 8.73. The lowest BCUT2D eigenvalue weighted by molar-refractivity contribution is -0.137. The molecule has 1 aromatic rings. The number of pyridine rings is 1. The molecule has 0 fully saturated rings. The number of carbonyl (C=O) groups is 2. The maximum Gasteiger partial charge on any atom is 0.305 e. The highest BCUT2D eigenvalue weighted by Crippen LogP contribution is 2.19. The molecule has 0 saturated carbocycles. The molecule has 1 aromatic heterocycles. The summed E-state index contributed by atoms with van der Waals surface area (Å²) in [5.41, 5.74) is 0.262. The number of hydrogen-bond donors (Lipinski definition) is 1. The van der Waals surface area contributed by atoms with Crippen LogP contribution < -0.4 is 0 Å². The van der Waals surface area contributed by atoms with E-state index in [1.165, 1.54) is 11.1 Å². The van der Waals surface area contributed by atoms with Gasteiger partial charge in [0.2, 0.25) is 0 Å². The molecule has 0 saturated heterocycles. The molecule has 0 aliphatic heterocycles. The smallest absolute Gasteiger partial charge is 0.305 e. The van der Waals surface area contributed by atoms with E-state index in [0.29, 0.717) is 11.0 Å². The van der Waals surface area contributed by atoms with Gasteiger partial charge in [-0.3, -0.25) is 9.59 Å². The highest BCUT2D eigenvalue weighted by atomic mass is 79.9. The van der Waals surface area contributed by atoms with Crippen LogP contribution in [0.5, 0.6) is 0 Å². The SMILES string of the molecule is CCN(CCC(=O)O)C(=O)c1cc(Br)cnc1Cl.